The van der Waals surface area contributed by atoms with Crippen molar-refractivity contribution in [3.63, 3.8) is 0 Å². The third-order valence-electron chi connectivity index (χ3n) is 6.33. The highest BCUT2D eigenvalue weighted by atomic mass is 32.1. The molecule has 0 aromatic carbocycles. The maximum Gasteiger partial charge on any atom is 0.225 e. The zero-order chi connectivity index (χ0) is 18.8. The van der Waals surface area contributed by atoms with Gasteiger partial charge in [-0.05, 0) is 43.2 Å². The lowest BCUT2D eigenvalue weighted by atomic mass is 9.78. The number of nitrogens with zero attached hydrogens (tertiary/aromatic N) is 4. The minimum Gasteiger partial charge on any atom is -0.353 e. The van der Waals surface area contributed by atoms with E-state index >= 15 is 0 Å². The Hall–Kier alpha value is -1.89. The molecule has 7 heteroatoms. The van der Waals surface area contributed by atoms with Gasteiger partial charge in [-0.25, -0.2) is 0 Å². The van der Waals surface area contributed by atoms with Gasteiger partial charge in [0.15, 0.2) is 0 Å². The molecule has 27 heavy (non-hydrogen) atoms. The molecule has 0 unspecified atom stereocenters. The van der Waals surface area contributed by atoms with E-state index in [1.165, 1.54) is 12.8 Å². The molecule has 0 radical (unpaired) electrons. The lowest BCUT2D eigenvalue weighted by Crippen LogP contribution is -2.49. The van der Waals surface area contributed by atoms with Crippen molar-refractivity contribution in [2.75, 3.05) is 18.0 Å². The van der Waals surface area contributed by atoms with Gasteiger partial charge in [0.2, 0.25) is 16.2 Å². The van der Waals surface area contributed by atoms with Crippen molar-refractivity contribution >= 4 is 22.4 Å². The quantitative estimate of drug-likeness (QED) is 0.872. The number of carbonyl (C=O) groups excluding carboxylic acids is 1. The fourth-order valence-electron chi connectivity index (χ4n) is 4.35. The molecule has 4 rings (SSSR count). The molecule has 2 fully saturated rings. The topological polar surface area (TPSA) is 63.1 Å². The molecule has 1 aliphatic carbocycles. The molecule has 4 atom stereocenters. The van der Waals surface area contributed by atoms with Crippen molar-refractivity contribution in [2.24, 2.45) is 17.8 Å². The van der Waals surface area contributed by atoms with Crippen LogP contribution in [-0.2, 0) is 4.79 Å². The Morgan fingerprint density at radius 2 is 1.89 bits per heavy atom. The number of anilines is 1. The monoisotopic (exact) mass is 387 g/mol. The minimum atomic E-state index is 0.0436. The van der Waals surface area contributed by atoms with E-state index < -0.39 is 0 Å². The fourth-order valence-corrected chi connectivity index (χ4v) is 5.20. The molecule has 1 aliphatic heterocycles. The van der Waals surface area contributed by atoms with Gasteiger partial charge in [0.1, 0.15) is 0 Å². The zero-order valence-electron chi connectivity index (χ0n) is 16.2. The van der Waals surface area contributed by atoms with Crippen LogP contribution in [-0.4, -0.2) is 39.8 Å². The highest BCUT2D eigenvalue weighted by Gasteiger charge is 2.32. The lowest BCUT2D eigenvalue weighted by Gasteiger charge is -2.37. The number of carbonyl (C=O) groups is 1. The number of aromatic nitrogens is 3. The van der Waals surface area contributed by atoms with Crippen molar-refractivity contribution in [3.05, 3.63) is 24.5 Å². The summed E-state index contributed by atoms with van der Waals surface area (Å²) in [5.41, 5.74) is 0. The van der Waals surface area contributed by atoms with Gasteiger partial charge < -0.3 is 10.2 Å². The summed E-state index contributed by atoms with van der Waals surface area (Å²) in [7, 11) is 0. The van der Waals surface area contributed by atoms with Crippen LogP contribution in [0.3, 0.4) is 0 Å². The molecule has 1 saturated carbocycles. The van der Waals surface area contributed by atoms with Crippen molar-refractivity contribution in [3.8, 4) is 5.13 Å². The van der Waals surface area contributed by atoms with Gasteiger partial charge in [0.25, 0.3) is 0 Å². The van der Waals surface area contributed by atoms with E-state index in [2.05, 4.69) is 34.3 Å². The molecule has 1 amide bonds. The van der Waals surface area contributed by atoms with E-state index in [0.717, 1.165) is 42.6 Å². The second kappa shape index (κ2) is 8.00. The molecular formula is C20H29N5OS. The third kappa shape index (κ3) is 4.03. The van der Waals surface area contributed by atoms with Crippen molar-refractivity contribution in [1.82, 2.24) is 20.1 Å². The first kappa shape index (κ1) is 18.5. The van der Waals surface area contributed by atoms with Crippen LogP contribution >= 0.6 is 11.3 Å². The molecule has 0 spiro atoms. The third-order valence-corrected chi connectivity index (χ3v) is 7.32. The number of piperidine rings is 1. The van der Waals surface area contributed by atoms with Crippen LogP contribution in [0.25, 0.3) is 5.13 Å². The van der Waals surface area contributed by atoms with Crippen LogP contribution < -0.4 is 10.2 Å². The van der Waals surface area contributed by atoms with Crippen LogP contribution in [0.2, 0.25) is 0 Å². The van der Waals surface area contributed by atoms with E-state index in [0.29, 0.717) is 17.9 Å². The smallest absolute Gasteiger partial charge is 0.225 e. The first-order valence-corrected chi connectivity index (χ1v) is 11.0. The maximum absolute atomic E-state index is 12.9. The van der Waals surface area contributed by atoms with Gasteiger partial charge >= 0.3 is 0 Å². The van der Waals surface area contributed by atoms with Crippen LogP contribution in [0.4, 0.5) is 5.13 Å². The average molecular weight is 388 g/mol. The first-order chi connectivity index (χ1) is 13.1. The number of nitrogens with one attached hydrogen (secondary N) is 1. The largest absolute Gasteiger partial charge is 0.353 e. The minimum absolute atomic E-state index is 0.0436. The molecule has 2 aromatic heterocycles. The number of hydrogen-bond donors (Lipinski definition) is 1. The predicted octanol–water partition coefficient (Wildman–Crippen LogP) is 3.49. The Kier molecular flexibility index (Phi) is 5.48. The van der Waals surface area contributed by atoms with Gasteiger partial charge in [-0.1, -0.05) is 38.0 Å². The molecule has 2 aliphatic rings. The summed E-state index contributed by atoms with van der Waals surface area (Å²) in [4.78, 5) is 15.1. The maximum atomic E-state index is 12.9. The average Bonchev–Trinajstić information content (AvgIpc) is 3.37. The molecule has 1 saturated heterocycles. The van der Waals surface area contributed by atoms with Crippen LogP contribution in [0.15, 0.2) is 24.5 Å². The van der Waals surface area contributed by atoms with Gasteiger partial charge in [0, 0.05) is 31.5 Å². The van der Waals surface area contributed by atoms with Crippen molar-refractivity contribution in [2.45, 2.75) is 52.0 Å². The number of amides is 1. The molecule has 1 N–H and O–H groups in total. The Bertz CT molecular complexity index is 758. The van der Waals surface area contributed by atoms with E-state index in [1.54, 1.807) is 11.3 Å². The Balaban J connectivity index is 1.38. The van der Waals surface area contributed by atoms with E-state index in [1.807, 2.05) is 29.1 Å². The fraction of sp³-hybridized carbons (Fsp3) is 0.650. The summed E-state index contributed by atoms with van der Waals surface area (Å²) in [6, 6.07) is 4.30. The Morgan fingerprint density at radius 3 is 2.70 bits per heavy atom. The van der Waals surface area contributed by atoms with Gasteiger partial charge in [0.05, 0.1) is 5.92 Å². The summed E-state index contributed by atoms with van der Waals surface area (Å²) in [6.07, 6.45) is 9.55. The van der Waals surface area contributed by atoms with Crippen LogP contribution in [0.5, 0.6) is 0 Å². The molecule has 3 heterocycles. The summed E-state index contributed by atoms with van der Waals surface area (Å²) in [5.74, 6) is 1.53. The van der Waals surface area contributed by atoms with E-state index in [9.17, 15) is 4.79 Å². The molecule has 146 valence electrons. The normalized spacial score (nSPS) is 28.9. The molecular weight excluding hydrogens is 358 g/mol. The Morgan fingerprint density at radius 1 is 1.11 bits per heavy atom. The van der Waals surface area contributed by atoms with E-state index in [4.69, 9.17) is 0 Å². The molecule has 0 bridgehead atoms. The summed E-state index contributed by atoms with van der Waals surface area (Å²) in [5, 5.41) is 13.8. The van der Waals surface area contributed by atoms with E-state index in [-0.39, 0.29) is 11.8 Å². The first-order valence-electron chi connectivity index (χ1n) is 10.1. The second-order valence-corrected chi connectivity index (χ2v) is 9.06. The van der Waals surface area contributed by atoms with Crippen molar-refractivity contribution in [1.29, 1.82) is 0 Å². The van der Waals surface area contributed by atoms with Crippen LogP contribution in [0.1, 0.15) is 46.0 Å². The number of rotatable bonds is 4. The predicted molar refractivity (Wildman–Crippen MR) is 108 cm³/mol. The summed E-state index contributed by atoms with van der Waals surface area (Å²) < 4.78 is 1.97. The molecule has 2 aromatic rings. The highest BCUT2D eigenvalue weighted by Crippen LogP contribution is 2.31. The summed E-state index contributed by atoms with van der Waals surface area (Å²) in [6.45, 7) is 6.28. The summed E-state index contributed by atoms with van der Waals surface area (Å²) >= 11 is 1.58. The highest BCUT2D eigenvalue weighted by molar-refractivity contribution is 7.17. The van der Waals surface area contributed by atoms with Gasteiger partial charge in [-0.2, -0.15) is 0 Å². The lowest BCUT2D eigenvalue weighted by molar-refractivity contribution is -0.126. The standard InChI is InChI=1S/C20H29N5OS/c1-14-7-5-9-17(15(14)2)21-18(26)16-8-6-12-25(13-16)20-23-22-19(27-20)24-10-3-4-11-24/h3-4,10-11,14-17H,5-9,12-13H2,1-2H3,(H,21,26)/t14-,15-,16-,17+/m1/s1. The SMILES string of the molecule is C[C@@H]1[C@H](C)CCC[C@@H]1NC(=O)[C@@H]1CCCN(c2nnc(-n3cccc3)s2)C1. The zero-order valence-corrected chi connectivity index (χ0v) is 17.0. The Labute approximate surface area is 165 Å². The second-order valence-electron chi connectivity index (χ2n) is 8.13. The van der Waals surface area contributed by atoms with Gasteiger partial charge in [-0.15, -0.1) is 10.2 Å². The van der Waals surface area contributed by atoms with Gasteiger partial charge in [-0.3, -0.25) is 9.36 Å². The molecule has 6 nitrogen and oxygen atoms in total. The van der Waals surface area contributed by atoms with Crippen molar-refractivity contribution < 1.29 is 4.79 Å². The van der Waals surface area contributed by atoms with Crippen LogP contribution in [0, 0.1) is 17.8 Å². The number of hydrogen-bond acceptors (Lipinski definition) is 5.